The fourth-order valence-electron chi connectivity index (χ4n) is 3.23. The maximum atomic E-state index is 4.69. The number of rotatable bonds is 2. The quantitative estimate of drug-likeness (QED) is 0.813. The molecule has 136 valence electrons. The molecule has 2 saturated heterocycles. The van der Waals surface area contributed by atoms with E-state index in [4.69, 9.17) is 9.98 Å². The van der Waals surface area contributed by atoms with Gasteiger partial charge in [-0.05, 0) is 24.3 Å². The second-order valence-corrected chi connectivity index (χ2v) is 6.90. The fourth-order valence-corrected chi connectivity index (χ4v) is 3.23. The highest BCUT2D eigenvalue weighted by atomic mass is 15.4. The van der Waals surface area contributed by atoms with Crippen LogP contribution in [-0.2, 0) is 0 Å². The Morgan fingerprint density at radius 3 is 1.42 bits per heavy atom. The monoisotopic (exact) mass is 352 g/mol. The van der Waals surface area contributed by atoms with Gasteiger partial charge in [0.15, 0.2) is 17.3 Å². The summed E-state index contributed by atoms with van der Waals surface area (Å²) in [6.07, 6.45) is 0. The van der Waals surface area contributed by atoms with E-state index in [1.807, 2.05) is 52.5 Å². The number of aliphatic imine (C=N–C) groups is 2. The Kier molecular flexibility index (Phi) is 4.10. The van der Waals surface area contributed by atoms with Gasteiger partial charge in [0.25, 0.3) is 0 Å². The van der Waals surface area contributed by atoms with E-state index < -0.39 is 0 Å². The number of pyridine rings is 2. The lowest BCUT2D eigenvalue weighted by Crippen LogP contribution is -2.28. The van der Waals surface area contributed by atoms with Crippen molar-refractivity contribution in [3.63, 3.8) is 0 Å². The van der Waals surface area contributed by atoms with Crippen molar-refractivity contribution in [1.29, 1.82) is 0 Å². The molecule has 2 aliphatic heterocycles. The Hall–Kier alpha value is -2.90. The van der Waals surface area contributed by atoms with Gasteiger partial charge in [0.2, 0.25) is 11.9 Å². The Balaban J connectivity index is 1.69. The summed E-state index contributed by atoms with van der Waals surface area (Å²) in [5, 5.41) is 0.985. The van der Waals surface area contributed by atoms with E-state index in [0.717, 1.165) is 43.5 Å². The SMILES string of the molecule is CN1CCN(C)C1=Nc1ccc2ccc(N=C3N(C)CCN3C)nc2n1. The molecule has 2 aliphatic rings. The summed E-state index contributed by atoms with van der Waals surface area (Å²) >= 11 is 0. The van der Waals surface area contributed by atoms with Crippen LogP contribution in [0.15, 0.2) is 34.3 Å². The van der Waals surface area contributed by atoms with Crippen molar-refractivity contribution < 1.29 is 0 Å². The largest absolute Gasteiger partial charge is 0.344 e. The second kappa shape index (κ2) is 6.44. The Morgan fingerprint density at radius 1 is 0.654 bits per heavy atom. The fraction of sp³-hybridized carbons (Fsp3) is 0.444. The summed E-state index contributed by atoms with van der Waals surface area (Å²) in [6.45, 7) is 3.90. The van der Waals surface area contributed by atoms with Gasteiger partial charge in [-0.25, -0.2) is 9.97 Å². The smallest absolute Gasteiger partial charge is 0.202 e. The Labute approximate surface area is 153 Å². The van der Waals surface area contributed by atoms with Gasteiger partial charge >= 0.3 is 0 Å². The lowest BCUT2D eigenvalue weighted by Gasteiger charge is -2.15. The summed E-state index contributed by atoms with van der Waals surface area (Å²) in [5.74, 6) is 3.20. The van der Waals surface area contributed by atoms with E-state index in [9.17, 15) is 0 Å². The van der Waals surface area contributed by atoms with Crippen molar-refractivity contribution in [2.24, 2.45) is 9.98 Å². The first-order valence-corrected chi connectivity index (χ1v) is 8.81. The molecule has 0 aromatic carbocycles. The Morgan fingerprint density at radius 2 is 1.04 bits per heavy atom. The van der Waals surface area contributed by atoms with Crippen molar-refractivity contribution >= 4 is 34.6 Å². The molecule has 0 saturated carbocycles. The van der Waals surface area contributed by atoms with E-state index in [0.29, 0.717) is 17.3 Å². The zero-order valence-corrected chi connectivity index (χ0v) is 15.7. The number of hydrogen-bond acceptors (Lipinski definition) is 4. The van der Waals surface area contributed by atoms with Crippen LogP contribution in [0.5, 0.6) is 0 Å². The van der Waals surface area contributed by atoms with E-state index in [1.54, 1.807) is 0 Å². The third kappa shape index (κ3) is 3.02. The minimum Gasteiger partial charge on any atom is -0.344 e. The van der Waals surface area contributed by atoms with Crippen LogP contribution in [0.3, 0.4) is 0 Å². The molecule has 0 unspecified atom stereocenters. The van der Waals surface area contributed by atoms with Gasteiger partial charge in [-0.1, -0.05) is 0 Å². The molecule has 0 bridgehead atoms. The molecule has 0 aliphatic carbocycles. The summed E-state index contributed by atoms with van der Waals surface area (Å²) in [7, 11) is 8.18. The minimum absolute atomic E-state index is 0.667. The first-order chi connectivity index (χ1) is 12.5. The standard InChI is InChI=1S/C18H24N8/c1-23-9-10-24(2)17(23)21-14-7-5-13-6-8-15(20-16(13)19-14)22-18-25(3)11-12-26(18)4/h5-8H,9-12H2,1-4H3. The van der Waals surface area contributed by atoms with E-state index >= 15 is 0 Å². The van der Waals surface area contributed by atoms with Crippen molar-refractivity contribution in [3.05, 3.63) is 24.3 Å². The first kappa shape index (κ1) is 16.6. The molecule has 0 radical (unpaired) electrons. The maximum Gasteiger partial charge on any atom is 0.202 e. The first-order valence-electron chi connectivity index (χ1n) is 8.81. The van der Waals surface area contributed by atoms with Gasteiger partial charge in [-0.15, -0.1) is 0 Å². The lowest BCUT2D eigenvalue weighted by molar-refractivity contribution is 0.553. The lowest BCUT2D eigenvalue weighted by atomic mass is 10.3. The van der Waals surface area contributed by atoms with Crippen molar-refractivity contribution in [2.45, 2.75) is 0 Å². The third-order valence-electron chi connectivity index (χ3n) is 4.86. The topological polar surface area (TPSA) is 63.5 Å². The van der Waals surface area contributed by atoms with Crippen molar-refractivity contribution in [2.75, 3.05) is 54.4 Å². The molecule has 0 N–H and O–H groups in total. The maximum absolute atomic E-state index is 4.69. The molecule has 0 amide bonds. The minimum atomic E-state index is 0.667. The van der Waals surface area contributed by atoms with Crippen LogP contribution < -0.4 is 0 Å². The van der Waals surface area contributed by atoms with Crippen LogP contribution in [0, 0.1) is 0 Å². The molecule has 2 aromatic rings. The molecule has 2 aromatic heterocycles. The van der Waals surface area contributed by atoms with Gasteiger partial charge in [0, 0.05) is 59.8 Å². The average Bonchev–Trinajstić information content (AvgIpc) is 3.11. The molecular formula is C18H24N8. The zero-order valence-electron chi connectivity index (χ0n) is 15.7. The average molecular weight is 352 g/mol. The van der Waals surface area contributed by atoms with Crippen LogP contribution in [0.2, 0.25) is 0 Å². The highest BCUT2D eigenvalue weighted by Gasteiger charge is 2.21. The van der Waals surface area contributed by atoms with Gasteiger partial charge in [0.05, 0.1) is 0 Å². The molecule has 26 heavy (non-hydrogen) atoms. The third-order valence-corrected chi connectivity index (χ3v) is 4.86. The highest BCUT2D eigenvalue weighted by molar-refractivity contribution is 5.86. The van der Waals surface area contributed by atoms with Gasteiger partial charge < -0.3 is 19.6 Å². The second-order valence-electron chi connectivity index (χ2n) is 6.90. The number of hydrogen-bond donors (Lipinski definition) is 0. The molecular weight excluding hydrogens is 328 g/mol. The van der Waals surface area contributed by atoms with E-state index in [1.165, 1.54) is 0 Å². The number of nitrogens with zero attached hydrogens (tertiary/aromatic N) is 8. The number of fused-ring (bicyclic) bond motifs is 1. The van der Waals surface area contributed by atoms with Gasteiger partial charge in [-0.2, -0.15) is 9.98 Å². The van der Waals surface area contributed by atoms with Crippen LogP contribution in [-0.4, -0.2) is 95.9 Å². The predicted octanol–water partition coefficient (Wildman–Crippen LogP) is 1.36. The normalized spacial score (nSPS) is 17.7. The Bertz CT molecular complexity index is 797. The van der Waals surface area contributed by atoms with Crippen LogP contribution in [0.1, 0.15) is 0 Å². The number of likely N-dealkylation sites (N-methyl/N-ethyl adjacent to an activating group) is 4. The predicted molar refractivity (Wildman–Crippen MR) is 104 cm³/mol. The molecule has 4 heterocycles. The molecule has 2 fully saturated rings. The molecule has 0 spiro atoms. The van der Waals surface area contributed by atoms with E-state index in [2.05, 4.69) is 29.6 Å². The van der Waals surface area contributed by atoms with Crippen LogP contribution >= 0.6 is 0 Å². The van der Waals surface area contributed by atoms with Crippen molar-refractivity contribution in [1.82, 2.24) is 29.6 Å². The zero-order chi connectivity index (χ0) is 18.3. The van der Waals surface area contributed by atoms with Crippen LogP contribution in [0.25, 0.3) is 11.0 Å². The highest BCUT2D eigenvalue weighted by Crippen LogP contribution is 2.21. The molecule has 0 atom stereocenters. The molecule has 8 nitrogen and oxygen atoms in total. The number of aromatic nitrogens is 2. The summed E-state index contributed by atoms with van der Waals surface area (Å²) in [6, 6.07) is 7.88. The molecule has 8 heteroatoms. The summed E-state index contributed by atoms with van der Waals surface area (Å²) in [4.78, 5) is 27.2. The van der Waals surface area contributed by atoms with Crippen LogP contribution in [0.4, 0.5) is 11.6 Å². The van der Waals surface area contributed by atoms with E-state index in [-0.39, 0.29) is 0 Å². The molecule has 4 rings (SSSR count). The van der Waals surface area contributed by atoms with Gasteiger partial charge in [-0.3, -0.25) is 0 Å². The van der Waals surface area contributed by atoms with Gasteiger partial charge in [0.1, 0.15) is 0 Å². The number of guanidine groups is 2. The summed E-state index contributed by atoms with van der Waals surface area (Å²) < 4.78 is 0. The van der Waals surface area contributed by atoms with Crippen molar-refractivity contribution in [3.8, 4) is 0 Å². The summed E-state index contributed by atoms with van der Waals surface area (Å²) in [5.41, 5.74) is 0.667.